The smallest absolute Gasteiger partial charge is 0.328 e. The van der Waals surface area contributed by atoms with Crippen LogP contribution in [0, 0.1) is 5.92 Å². The highest BCUT2D eigenvalue weighted by Gasteiger charge is 2.19. The molecule has 0 spiro atoms. The first-order valence-electron chi connectivity index (χ1n) is 6.26. The molecule has 1 aromatic carbocycles. The molecule has 1 unspecified atom stereocenters. The van der Waals surface area contributed by atoms with Crippen molar-refractivity contribution in [2.45, 2.75) is 31.7 Å². The summed E-state index contributed by atoms with van der Waals surface area (Å²) in [5.41, 5.74) is 0.521. The van der Waals surface area contributed by atoms with Gasteiger partial charge >= 0.3 is 5.97 Å². The van der Waals surface area contributed by atoms with Crippen molar-refractivity contribution in [3.05, 3.63) is 35.9 Å². The van der Waals surface area contributed by atoms with Crippen LogP contribution >= 0.6 is 0 Å². The number of benzene rings is 1. The van der Waals surface area contributed by atoms with Gasteiger partial charge in [-0.2, -0.15) is 0 Å². The molecule has 6 heteroatoms. The molecule has 5 nitrogen and oxygen atoms in total. The van der Waals surface area contributed by atoms with Crippen LogP contribution in [0.25, 0.3) is 6.08 Å². The first-order chi connectivity index (χ1) is 9.22. The summed E-state index contributed by atoms with van der Waals surface area (Å²) in [7, 11) is -3.60. The third-order valence-corrected chi connectivity index (χ3v) is 4.48. The topological polar surface area (TPSA) is 83.5 Å². The summed E-state index contributed by atoms with van der Waals surface area (Å²) < 4.78 is 27.0. The lowest BCUT2D eigenvalue weighted by atomic mass is 10.1. The molecule has 0 aliphatic carbocycles. The van der Waals surface area contributed by atoms with Crippen molar-refractivity contribution < 1.29 is 18.3 Å². The molecule has 0 aliphatic heterocycles. The van der Waals surface area contributed by atoms with Gasteiger partial charge < -0.3 is 5.11 Å². The number of hydrogen-bond acceptors (Lipinski definition) is 3. The van der Waals surface area contributed by atoms with E-state index in [-0.39, 0.29) is 16.9 Å². The van der Waals surface area contributed by atoms with E-state index in [9.17, 15) is 13.2 Å². The van der Waals surface area contributed by atoms with Crippen LogP contribution in [-0.4, -0.2) is 25.5 Å². The minimum Gasteiger partial charge on any atom is -0.478 e. The first-order valence-corrected chi connectivity index (χ1v) is 7.74. The van der Waals surface area contributed by atoms with E-state index in [2.05, 4.69) is 4.72 Å². The Morgan fingerprint density at radius 1 is 1.30 bits per heavy atom. The van der Waals surface area contributed by atoms with Gasteiger partial charge in [0, 0.05) is 12.1 Å². The van der Waals surface area contributed by atoms with Crippen molar-refractivity contribution in [3.8, 4) is 0 Å². The van der Waals surface area contributed by atoms with Crippen molar-refractivity contribution in [1.82, 2.24) is 4.72 Å². The van der Waals surface area contributed by atoms with Gasteiger partial charge in [-0.25, -0.2) is 17.9 Å². The second-order valence-electron chi connectivity index (χ2n) is 4.90. The number of aliphatic carboxylic acids is 1. The van der Waals surface area contributed by atoms with Crippen LogP contribution in [0.5, 0.6) is 0 Å². The predicted octanol–water partition coefficient (Wildman–Crippen LogP) is 2.11. The van der Waals surface area contributed by atoms with E-state index < -0.39 is 16.0 Å². The molecule has 1 rings (SSSR count). The lowest BCUT2D eigenvalue weighted by Gasteiger charge is -2.17. The van der Waals surface area contributed by atoms with E-state index in [1.807, 2.05) is 13.8 Å². The molecule has 0 aliphatic rings. The summed E-state index contributed by atoms with van der Waals surface area (Å²) >= 11 is 0. The molecule has 0 heterocycles. The lowest BCUT2D eigenvalue weighted by Crippen LogP contribution is -2.36. The molecule has 2 N–H and O–H groups in total. The molecule has 1 aromatic rings. The second kappa shape index (κ2) is 6.67. The Kier molecular flexibility index (Phi) is 5.47. The van der Waals surface area contributed by atoms with Gasteiger partial charge in [0.1, 0.15) is 0 Å². The van der Waals surface area contributed by atoms with Crippen LogP contribution in [0.2, 0.25) is 0 Å². The third-order valence-electron chi connectivity index (χ3n) is 2.93. The van der Waals surface area contributed by atoms with Gasteiger partial charge in [0.15, 0.2) is 0 Å². The molecular formula is C14H19NO4S. The molecule has 0 amide bonds. The number of carboxylic acids is 1. The monoisotopic (exact) mass is 297 g/mol. The Labute approximate surface area is 119 Å². The molecule has 1 atom stereocenters. The van der Waals surface area contributed by atoms with Gasteiger partial charge in [-0.05, 0) is 36.6 Å². The Morgan fingerprint density at radius 3 is 2.50 bits per heavy atom. The predicted molar refractivity (Wildman–Crippen MR) is 77.7 cm³/mol. The normalized spacial score (nSPS) is 13.8. The number of rotatable bonds is 6. The van der Waals surface area contributed by atoms with Crippen molar-refractivity contribution in [1.29, 1.82) is 0 Å². The molecule has 0 saturated heterocycles. The fourth-order valence-corrected chi connectivity index (χ4v) is 2.85. The Hall–Kier alpha value is -1.66. The fourth-order valence-electron chi connectivity index (χ4n) is 1.40. The summed E-state index contributed by atoms with van der Waals surface area (Å²) in [6.07, 6.45) is 2.32. The molecule has 0 saturated carbocycles. The fraction of sp³-hybridized carbons (Fsp3) is 0.357. The summed E-state index contributed by atoms with van der Waals surface area (Å²) in [5.74, 6) is -0.898. The van der Waals surface area contributed by atoms with Crippen LogP contribution in [0.1, 0.15) is 26.3 Å². The van der Waals surface area contributed by atoms with Crippen LogP contribution in [0.15, 0.2) is 35.2 Å². The quantitative estimate of drug-likeness (QED) is 0.788. The molecule has 110 valence electrons. The lowest BCUT2D eigenvalue weighted by molar-refractivity contribution is -0.131. The largest absolute Gasteiger partial charge is 0.478 e. The highest BCUT2D eigenvalue weighted by atomic mass is 32.2. The summed E-state index contributed by atoms with van der Waals surface area (Å²) in [4.78, 5) is 10.6. The minimum absolute atomic E-state index is 0.123. The molecule has 0 bridgehead atoms. The maximum absolute atomic E-state index is 12.2. The zero-order chi connectivity index (χ0) is 15.3. The van der Waals surface area contributed by atoms with Gasteiger partial charge in [0.05, 0.1) is 4.90 Å². The standard InChI is InChI=1S/C14H19NO4S/c1-10(2)11(3)15-20(18,19)13-6-4-5-12(9-13)7-8-14(16)17/h4-11,15H,1-3H3,(H,16,17). The number of nitrogens with one attached hydrogen (secondary N) is 1. The Balaban J connectivity index is 3.01. The van der Waals surface area contributed by atoms with Crippen LogP contribution in [0.3, 0.4) is 0 Å². The van der Waals surface area contributed by atoms with Crippen molar-refractivity contribution in [2.24, 2.45) is 5.92 Å². The number of carbonyl (C=O) groups is 1. The van der Waals surface area contributed by atoms with E-state index in [4.69, 9.17) is 5.11 Å². The second-order valence-corrected chi connectivity index (χ2v) is 6.61. The van der Waals surface area contributed by atoms with Gasteiger partial charge in [-0.1, -0.05) is 26.0 Å². The van der Waals surface area contributed by atoms with Gasteiger partial charge in [-0.15, -0.1) is 0 Å². The maximum atomic E-state index is 12.2. The van der Waals surface area contributed by atoms with E-state index >= 15 is 0 Å². The zero-order valence-electron chi connectivity index (χ0n) is 11.7. The third kappa shape index (κ3) is 4.79. The van der Waals surface area contributed by atoms with Crippen molar-refractivity contribution in [3.63, 3.8) is 0 Å². The summed E-state index contributed by atoms with van der Waals surface area (Å²) in [6.45, 7) is 5.66. The van der Waals surface area contributed by atoms with Crippen LogP contribution in [0.4, 0.5) is 0 Å². The van der Waals surface area contributed by atoms with Crippen molar-refractivity contribution in [2.75, 3.05) is 0 Å². The molecule has 0 fully saturated rings. The van der Waals surface area contributed by atoms with Crippen molar-refractivity contribution >= 4 is 22.1 Å². The summed E-state index contributed by atoms with van der Waals surface area (Å²) in [6, 6.07) is 5.96. The SMILES string of the molecule is CC(C)C(C)NS(=O)(=O)c1cccc(C=CC(=O)O)c1. The zero-order valence-corrected chi connectivity index (χ0v) is 12.5. The van der Waals surface area contributed by atoms with Gasteiger partial charge in [0.2, 0.25) is 10.0 Å². The van der Waals surface area contributed by atoms with Crippen LogP contribution < -0.4 is 4.72 Å². The van der Waals surface area contributed by atoms with E-state index in [0.29, 0.717) is 5.56 Å². The van der Waals surface area contributed by atoms with E-state index in [1.54, 1.807) is 19.1 Å². The molecular weight excluding hydrogens is 278 g/mol. The summed E-state index contributed by atoms with van der Waals surface area (Å²) in [5, 5.41) is 8.57. The average molecular weight is 297 g/mol. The Morgan fingerprint density at radius 2 is 1.95 bits per heavy atom. The molecule has 20 heavy (non-hydrogen) atoms. The highest BCUT2D eigenvalue weighted by Crippen LogP contribution is 2.14. The van der Waals surface area contributed by atoms with Crippen LogP contribution in [-0.2, 0) is 14.8 Å². The van der Waals surface area contributed by atoms with E-state index in [0.717, 1.165) is 6.08 Å². The van der Waals surface area contributed by atoms with E-state index in [1.165, 1.54) is 18.2 Å². The minimum atomic E-state index is -3.60. The molecule has 0 aromatic heterocycles. The average Bonchev–Trinajstić information content (AvgIpc) is 2.36. The molecule has 0 radical (unpaired) electrons. The number of hydrogen-bond donors (Lipinski definition) is 2. The van der Waals surface area contributed by atoms with Gasteiger partial charge in [-0.3, -0.25) is 0 Å². The van der Waals surface area contributed by atoms with Gasteiger partial charge in [0.25, 0.3) is 0 Å². The number of carboxylic acid groups (broad SMARTS) is 1. The first kappa shape index (κ1) is 16.4. The Bertz CT molecular complexity index is 605. The highest BCUT2D eigenvalue weighted by molar-refractivity contribution is 7.89. The maximum Gasteiger partial charge on any atom is 0.328 e. The number of sulfonamides is 1.